The fourth-order valence-corrected chi connectivity index (χ4v) is 2.75. The Morgan fingerprint density at radius 1 is 1.33 bits per heavy atom. The molecule has 74 valence electrons. The number of aryl methyl sites for hydroxylation is 1. The lowest BCUT2D eigenvalue weighted by molar-refractivity contribution is 1.07. The lowest BCUT2D eigenvalue weighted by atomic mass is 10.2. The van der Waals surface area contributed by atoms with Crippen molar-refractivity contribution in [3.8, 4) is 0 Å². The number of benzene rings is 1. The number of rotatable bonds is 0. The molecule has 0 radical (unpaired) electrons. The van der Waals surface area contributed by atoms with Crippen LogP contribution in [0.15, 0.2) is 29.1 Å². The number of hydrogen-bond acceptors (Lipinski definition) is 3. The largest absolute Gasteiger partial charge is 0.310 e. The second kappa shape index (κ2) is 2.90. The van der Waals surface area contributed by atoms with Crippen LogP contribution in [0.4, 0.5) is 0 Å². The van der Waals surface area contributed by atoms with Crippen molar-refractivity contribution in [2.75, 3.05) is 0 Å². The number of nitrogens with one attached hydrogen (secondary N) is 1. The van der Waals surface area contributed by atoms with Crippen molar-refractivity contribution in [2.24, 2.45) is 0 Å². The molecule has 0 amide bonds. The molecule has 15 heavy (non-hydrogen) atoms. The van der Waals surface area contributed by atoms with Crippen molar-refractivity contribution in [3.05, 3.63) is 40.4 Å². The molecule has 3 aromatic rings. The molecule has 3 nitrogen and oxygen atoms in total. The topological polar surface area (TPSA) is 45.8 Å². The van der Waals surface area contributed by atoms with Crippen LogP contribution in [0.3, 0.4) is 0 Å². The van der Waals surface area contributed by atoms with Crippen LogP contribution in [0, 0.1) is 6.92 Å². The monoisotopic (exact) mass is 216 g/mol. The zero-order chi connectivity index (χ0) is 10.4. The van der Waals surface area contributed by atoms with Crippen LogP contribution in [0.5, 0.6) is 0 Å². The minimum Gasteiger partial charge on any atom is -0.310 e. The number of aromatic nitrogens is 2. The number of aromatic amines is 1. The van der Waals surface area contributed by atoms with Gasteiger partial charge in [0.1, 0.15) is 10.5 Å². The van der Waals surface area contributed by atoms with Crippen molar-refractivity contribution < 1.29 is 0 Å². The summed E-state index contributed by atoms with van der Waals surface area (Å²) in [5.74, 6) is 0.663. The van der Waals surface area contributed by atoms with Gasteiger partial charge in [0.15, 0.2) is 0 Å². The number of nitrogens with zero attached hydrogens (tertiary/aromatic N) is 1. The molecule has 0 aliphatic rings. The molecule has 0 saturated carbocycles. The van der Waals surface area contributed by atoms with E-state index in [9.17, 15) is 4.79 Å². The molecule has 1 N–H and O–H groups in total. The van der Waals surface area contributed by atoms with E-state index in [1.54, 1.807) is 6.92 Å². The van der Waals surface area contributed by atoms with Crippen molar-refractivity contribution >= 4 is 31.6 Å². The SMILES string of the molecule is Cc1nc2c(sc3ccccc32)c(=O)[nH]1. The first-order chi connectivity index (χ1) is 7.25. The van der Waals surface area contributed by atoms with Gasteiger partial charge in [-0.3, -0.25) is 4.79 Å². The molecule has 0 aliphatic carbocycles. The maximum Gasteiger partial charge on any atom is 0.268 e. The van der Waals surface area contributed by atoms with E-state index < -0.39 is 0 Å². The summed E-state index contributed by atoms with van der Waals surface area (Å²) in [7, 11) is 0. The average molecular weight is 216 g/mol. The molecule has 2 heterocycles. The first-order valence-electron chi connectivity index (χ1n) is 4.64. The van der Waals surface area contributed by atoms with Gasteiger partial charge in [-0.15, -0.1) is 11.3 Å². The minimum atomic E-state index is -0.0429. The molecule has 0 aliphatic heterocycles. The van der Waals surface area contributed by atoms with Crippen molar-refractivity contribution in [1.82, 2.24) is 9.97 Å². The van der Waals surface area contributed by atoms with Crippen LogP contribution in [0.1, 0.15) is 5.82 Å². The summed E-state index contributed by atoms with van der Waals surface area (Å²) in [6, 6.07) is 7.95. The van der Waals surface area contributed by atoms with E-state index in [0.29, 0.717) is 10.5 Å². The van der Waals surface area contributed by atoms with Crippen LogP contribution in [0.2, 0.25) is 0 Å². The van der Waals surface area contributed by atoms with Gasteiger partial charge in [-0.05, 0) is 13.0 Å². The fraction of sp³-hybridized carbons (Fsp3) is 0.0909. The second-order valence-electron chi connectivity index (χ2n) is 3.43. The fourth-order valence-electron chi connectivity index (χ4n) is 1.71. The summed E-state index contributed by atoms with van der Waals surface area (Å²) in [5.41, 5.74) is 0.774. The number of fused-ring (bicyclic) bond motifs is 3. The summed E-state index contributed by atoms with van der Waals surface area (Å²) in [5, 5.41) is 1.06. The normalized spacial score (nSPS) is 11.3. The van der Waals surface area contributed by atoms with Crippen LogP contribution >= 0.6 is 11.3 Å². The van der Waals surface area contributed by atoms with E-state index in [1.165, 1.54) is 11.3 Å². The van der Waals surface area contributed by atoms with Crippen LogP contribution in [0.25, 0.3) is 20.3 Å². The smallest absolute Gasteiger partial charge is 0.268 e. The molecule has 0 atom stereocenters. The third kappa shape index (κ3) is 1.18. The van der Waals surface area contributed by atoms with E-state index in [1.807, 2.05) is 24.3 Å². The molecule has 4 heteroatoms. The van der Waals surface area contributed by atoms with Gasteiger partial charge < -0.3 is 4.98 Å². The van der Waals surface area contributed by atoms with Crippen molar-refractivity contribution in [1.29, 1.82) is 0 Å². The molecule has 3 rings (SSSR count). The van der Waals surface area contributed by atoms with Gasteiger partial charge in [-0.2, -0.15) is 0 Å². The molecule has 2 aromatic heterocycles. The predicted molar refractivity (Wildman–Crippen MR) is 62.5 cm³/mol. The van der Waals surface area contributed by atoms with Crippen LogP contribution in [-0.2, 0) is 0 Å². The predicted octanol–water partition coefficient (Wildman–Crippen LogP) is 2.45. The van der Waals surface area contributed by atoms with Gasteiger partial charge in [0.2, 0.25) is 0 Å². The first kappa shape index (κ1) is 8.61. The Balaban J connectivity index is 2.67. The van der Waals surface area contributed by atoms with Gasteiger partial charge in [0.05, 0.1) is 5.52 Å². The summed E-state index contributed by atoms with van der Waals surface area (Å²) < 4.78 is 1.82. The molecule has 1 aromatic carbocycles. The summed E-state index contributed by atoms with van der Waals surface area (Å²) in [6.07, 6.45) is 0. The van der Waals surface area contributed by atoms with Gasteiger partial charge in [-0.25, -0.2) is 4.98 Å². The minimum absolute atomic E-state index is 0.0429. The molecule has 0 unspecified atom stereocenters. The van der Waals surface area contributed by atoms with Gasteiger partial charge >= 0.3 is 0 Å². The Labute approximate surface area is 89.4 Å². The first-order valence-corrected chi connectivity index (χ1v) is 5.45. The molecular weight excluding hydrogens is 208 g/mol. The zero-order valence-corrected chi connectivity index (χ0v) is 8.89. The molecule has 0 bridgehead atoms. The molecule has 0 spiro atoms. The summed E-state index contributed by atoms with van der Waals surface area (Å²) >= 11 is 1.49. The quantitative estimate of drug-likeness (QED) is 0.627. The lowest BCUT2D eigenvalue weighted by Crippen LogP contribution is -2.07. The van der Waals surface area contributed by atoms with E-state index in [4.69, 9.17) is 0 Å². The van der Waals surface area contributed by atoms with Gasteiger partial charge in [-0.1, -0.05) is 18.2 Å². The van der Waals surface area contributed by atoms with E-state index in [0.717, 1.165) is 15.6 Å². The van der Waals surface area contributed by atoms with Crippen LogP contribution < -0.4 is 5.56 Å². The third-order valence-electron chi connectivity index (χ3n) is 2.35. The Bertz CT molecular complexity index is 711. The van der Waals surface area contributed by atoms with Gasteiger partial charge in [0.25, 0.3) is 5.56 Å². The standard InChI is InChI=1S/C11H8N2OS/c1-6-12-9-7-4-2-3-5-8(7)15-10(9)11(14)13-6/h2-5H,1H3,(H,12,13,14). The molecule has 0 saturated heterocycles. The van der Waals surface area contributed by atoms with Crippen molar-refractivity contribution in [3.63, 3.8) is 0 Å². The molecule has 0 fully saturated rings. The number of H-pyrrole nitrogens is 1. The molecular formula is C11H8N2OS. The van der Waals surface area contributed by atoms with E-state index in [2.05, 4.69) is 9.97 Å². The number of hydrogen-bond donors (Lipinski definition) is 1. The summed E-state index contributed by atoms with van der Waals surface area (Å²) in [4.78, 5) is 18.8. The highest BCUT2D eigenvalue weighted by atomic mass is 32.1. The Morgan fingerprint density at radius 3 is 3.00 bits per heavy atom. The van der Waals surface area contributed by atoms with Gasteiger partial charge in [0, 0.05) is 10.1 Å². The zero-order valence-electron chi connectivity index (χ0n) is 8.07. The maximum atomic E-state index is 11.7. The average Bonchev–Trinajstić information content (AvgIpc) is 2.57. The lowest BCUT2D eigenvalue weighted by Gasteiger charge is -1.92. The maximum absolute atomic E-state index is 11.7. The van der Waals surface area contributed by atoms with Crippen molar-refractivity contribution in [2.45, 2.75) is 6.92 Å². The number of thiophene rings is 1. The Morgan fingerprint density at radius 2 is 2.13 bits per heavy atom. The Hall–Kier alpha value is -1.68. The highest BCUT2D eigenvalue weighted by Gasteiger charge is 2.08. The summed E-state index contributed by atoms with van der Waals surface area (Å²) in [6.45, 7) is 1.80. The third-order valence-corrected chi connectivity index (χ3v) is 3.51. The highest BCUT2D eigenvalue weighted by molar-refractivity contribution is 7.25. The van der Waals surface area contributed by atoms with E-state index in [-0.39, 0.29) is 5.56 Å². The van der Waals surface area contributed by atoms with E-state index >= 15 is 0 Å². The second-order valence-corrected chi connectivity index (χ2v) is 4.48. The Kier molecular flexibility index (Phi) is 1.67. The van der Waals surface area contributed by atoms with Crippen LogP contribution in [-0.4, -0.2) is 9.97 Å². The highest BCUT2D eigenvalue weighted by Crippen LogP contribution is 2.29.